The summed E-state index contributed by atoms with van der Waals surface area (Å²) in [5.41, 5.74) is 0.684. The molecule has 1 spiro atoms. The van der Waals surface area contributed by atoms with Crippen molar-refractivity contribution in [3.8, 4) is 0 Å². The molecule has 0 radical (unpaired) electrons. The van der Waals surface area contributed by atoms with E-state index < -0.39 is 0 Å². The van der Waals surface area contributed by atoms with Crippen LogP contribution in [0, 0.1) is 5.41 Å². The third kappa shape index (κ3) is 4.28. The van der Waals surface area contributed by atoms with Gasteiger partial charge in [0.15, 0.2) is 0 Å². The first-order valence-electron chi connectivity index (χ1n) is 8.89. The minimum atomic E-state index is -0.176. The zero-order valence-corrected chi connectivity index (χ0v) is 14.7. The molecule has 0 aromatic carbocycles. The third-order valence-electron chi connectivity index (χ3n) is 5.33. The van der Waals surface area contributed by atoms with Crippen molar-refractivity contribution >= 4 is 11.9 Å². The fourth-order valence-corrected chi connectivity index (χ4v) is 3.60. The number of urea groups is 1. The minimum absolute atomic E-state index is 0.0137. The Kier molecular flexibility index (Phi) is 5.53. The molecule has 2 aliphatic rings. The molecule has 1 unspecified atom stereocenters. The number of pyridine rings is 1. The van der Waals surface area contributed by atoms with Gasteiger partial charge in [0.1, 0.15) is 5.69 Å². The maximum atomic E-state index is 12.5. The Morgan fingerprint density at radius 3 is 2.72 bits per heavy atom. The highest BCUT2D eigenvalue weighted by Gasteiger charge is 2.40. The van der Waals surface area contributed by atoms with Gasteiger partial charge in [-0.05, 0) is 43.2 Å². The lowest BCUT2D eigenvalue weighted by atomic mass is 9.73. The molecule has 1 aromatic rings. The summed E-state index contributed by atoms with van der Waals surface area (Å²) in [6.45, 7) is 2.75. The summed E-state index contributed by atoms with van der Waals surface area (Å²) in [7, 11) is 1.60. The first-order valence-corrected chi connectivity index (χ1v) is 8.89. The predicted molar refractivity (Wildman–Crippen MR) is 93.2 cm³/mol. The van der Waals surface area contributed by atoms with E-state index in [1.807, 2.05) is 17.0 Å². The zero-order chi connectivity index (χ0) is 17.7. The van der Waals surface area contributed by atoms with Gasteiger partial charge in [-0.25, -0.2) is 4.79 Å². The third-order valence-corrected chi connectivity index (χ3v) is 5.33. The fourth-order valence-electron chi connectivity index (χ4n) is 3.60. The van der Waals surface area contributed by atoms with Gasteiger partial charge in [-0.15, -0.1) is 0 Å². The van der Waals surface area contributed by atoms with Crippen molar-refractivity contribution in [2.45, 2.75) is 31.8 Å². The maximum absolute atomic E-state index is 12.5. The fraction of sp³-hybridized carbons (Fsp3) is 0.611. The van der Waals surface area contributed by atoms with Crippen LogP contribution in [-0.4, -0.2) is 61.2 Å². The van der Waals surface area contributed by atoms with Gasteiger partial charge in [-0.2, -0.15) is 0 Å². The Bertz CT molecular complexity index is 590. The molecular formula is C18H26N4O3. The number of carbonyl (C=O) groups is 2. The van der Waals surface area contributed by atoms with Crippen molar-refractivity contribution < 1.29 is 14.3 Å². The lowest BCUT2D eigenvalue weighted by Crippen LogP contribution is -2.49. The van der Waals surface area contributed by atoms with E-state index in [1.54, 1.807) is 19.3 Å². The second-order valence-corrected chi connectivity index (χ2v) is 6.94. The molecule has 3 heterocycles. The van der Waals surface area contributed by atoms with E-state index in [2.05, 4.69) is 15.6 Å². The summed E-state index contributed by atoms with van der Waals surface area (Å²) in [6, 6.07) is 5.25. The van der Waals surface area contributed by atoms with Gasteiger partial charge in [0.25, 0.3) is 5.91 Å². The second kappa shape index (κ2) is 7.82. The molecular weight excluding hydrogens is 320 g/mol. The first kappa shape index (κ1) is 17.7. The molecule has 2 aliphatic heterocycles. The molecule has 2 fully saturated rings. The largest absolute Gasteiger partial charge is 0.376 e. The van der Waals surface area contributed by atoms with Gasteiger partial charge in [-0.3, -0.25) is 9.78 Å². The first-order chi connectivity index (χ1) is 12.1. The van der Waals surface area contributed by atoms with Crippen LogP contribution >= 0.6 is 0 Å². The van der Waals surface area contributed by atoms with Crippen LogP contribution in [-0.2, 0) is 4.74 Å². The van der Waals surface area contributed by atoms with E-state index in [9.17, 15) is 9.59 Å². The Hall–Kier alpha value is -2.15. The molecule has 2 saturated heterocycles. The van der Waals surface area contributed by atoms with E-state index in [1.165, 1.54) is 0 Å². The van der Waals surface area contributed by atoms with Crippen LogP contribution in [0.2, 0.25) is 0 Å². The highest BCUT2D eigenvalue weighted by molar-refractivity contribution is 5.92. The number of carbonyl (C=O) groups excluding carboxylic acids is 2. The molecule has 25 heavy (non-hydrogen) atoms. The van der Waals surface area contributed by atoms with E-state index >= 15 is 0 Å². The van der Waals surface area contributed by atoms with E-state index in [-0.39, 0.29) is 23.5 Å². The summed E-state index contributed by atoms with van der Waals surface area (Å²) < 4.78 is 5.99. The lowest BCUT2D eigenvalue weighted by molar-refractivity contribution is -0.0807. The lowest BCUT2D eigenvalue weighted by Gasteiger charge is -2.45. The molecule has 7 nitrogen and oxygen atoms in total. The number of rotatable bonds is 3. The number of hydrogen-bond acceptors (Lipinski definition) is 4. The van der Waals surface area contributed by atoms with Crippen LogP contribution in [0.15, 0.2) is 24.4 Å². The smallest absolute Gasteiger partial charge is 0.314 e. The van der Waals surface area contributed by atoms with E-state index in [4.69, 9.17) is 4.74 Å². The molecule has 0 bridgehead atoms. The van der Waals surface area contributed by atoms with Crippen LogP contribution in [0.25, 0.3) is 0 Å². The van der Waals surface area contributed by atoms with Gasteiger partial charge in [-0.1, -0.05) is 6.07 Å². The number of hydrogen-bond donors (Lipinski definition) is 2. The van der Waals surface area contributed by atoms with Gasteiger partial charge >= 0.3 is 6.03 Å². The van der Waals surface area contributed by atoms with Crippen LogP contribution < -0.4 is 10.6 Å². The second-order valence-electron chi connectivity index (χ2n) is 6.94. The van der Waals surface area contributed by atoms with Crippen molar-refractivity contribution in [2.24, 2.45) is 5.41 Å². The van der Waals surface area contributed by atoms with Gasteiger partial charge in [0, 0.05) is 32.9 Å². The van der Waals surface area contributed by atoms with Crippen LogP contribution in [0.3, 0.4) is 0 Å². The molecule has 1 aromatic heterocycles. The van der Waals surface area contributed by atoms with Crippen molar-refractivity contribution in [2.75, 3.05) is 33.3 Å². The van der Waals surface area contributed by atoms with Crippen LogP contribution in [0.5, 0.6) is 0 Å². The number of amides is 3. The molecule has 0 saturated carbocycles. The monoisotopic (exact) mass is 346 g/mol. The number of aromatic nitrogens is 1. The van der Waals surface area contributed by atoms with E-state index in [0.29, 0.717) is 18.8 Å². The SMILES string of the molecule is CNC(=O)NCC1CCC2(CCN(C(=O)c3ccccn3)CC2)CO1. The molecule has 3 amide bonds. The van der Waals surface area contributed by atoms with E-state index in [0.717, 1.165) is 38.8 Å². The standard InChI is InChI=1S/C18H26N4O3/c1-19-17(24)21-12-14-5-6-18(13-25-14)7-10-22(11-8-18)16(23)15-4-2-3-9-20-15/h2-4,9,14H,5-8,10-13H2,1H3,(H2,19,21,24). The van der Waals surface area contributed by atoms with Crippen molar-refractivity contribution in [3.63, 3.8) is 0 Å². The number of nitrogens with zero attached hydrogens (tertiary/aromatic N) is 2. The van der Waals surface area contributed by atoms with Gasteiger partial charge in [0.2, 0.25) is 0 Å². The van der Waals surface area contributed by atoms with Crippen molar-refractivity contribution in [1.82, 2.24) is 20.5 Å². The number of nitrogens with one attached hydrogen (secondary N) is 2. The molecule has 3 rings (SSSR count). The number of piperidine rings is 1. The summed E-state index contributed by atoms with van der Waals surface area (Å²) in [4.78, 5) is 29.8. The van der Waals surface area contributed by atoms with Gasteiger partial charge < -0.3 is 20.3 Å². The van der Waals surface area contributed by atoms with Crippen molar-refractivity contribution in [3.05, 3.63) is 30.1 Å². The number of ether oxygens (including phenoxy) is 1. The summed E-state index contributed by atoms with van der Waals surface area (Å²) >= 11 is 0. The molecule has 7 heteroatoms. The molecule has 2 N–H and O–H groups in total. The Labute approximate surface area is 148 Å². The maximum Gasteiger partial charge on any atom is 0.314 e. The topological polar surface area (TPSA) is 83.6 Å². The highest BCUT2D eigenvalue weighted by Crippen LogP contribution is 2.40. The summed E-state index contributed by atoms with van der Waals surface area (Å²) in [6.07, 6.45) is 5.68. The Balaban J connectivity index is 1.46. The van der Waals surface area contributed by atoms with Crippen molar-refractivity contribution in [1.29, 1.82) is 0 Å². The Morgan fingerprint density at radius 1 is 1.32 bits per heavy atom. The molecule has 136 valence electrons. The summed E-state index contributed by atoms with van der Waals surface area (Å²) in [5.74, 6) is 0.0137. The van der Waals surface area contributed by atoms with Gasteiger partial charge in [0.05, 0.1) is 12.7 Å². The summed E-state index contributed by atoms with van der Waals surface area (Å²) in [5, 5.41) is 5.34. The van der Waals surface area contributed by atoms with Crippen LogP contribution in [0.1, 0.15) is 36.2 Å². The molecule has 0 aliphatic carbocycles. The van der Waals surface area contributed by atoms with Crippen LogP contribution in [0.4, 0.5) is 4.79 Å². The highest BCUT2D eigenvalue weighted by atomic mass is 16.5. The minimum Gasteiger partial charge on any atom is -0.376 e. The number of likely N-dealkylation sites (tertiary alicyclic amines) is 1. The zero-order valence-electron chi connectivity index (χ0n) is 14.7. The molecule has 1 atom stereocenters. The quantitative estimate of drug-likeness (QED) is 0.867. The average Bonchev–Trinajstić information content (AvgIpc) is 2.68. The Morgan fingerprint density at radius 2 is 2.12 bits per heavy atom. The predicted octanol–water partition coefficient (Wildman–Crippen LogP) is 1.41. The average molecular weight is 346 g/mol. The normalized spacial score (nSPS) is 22.4.